The topological polar surface area (TPSA) is 75.8 Å². The van der Waals surface area contributed by atoms with Crippen LogP contribution in [0.2, 0.25) is 0 Å². The van der Waals surface area contributed by atoms with Crippen molar-refractivity contribution in [2.24, 2.45) is 11.1 Å². The summed E-state index contributed by atoms with van der Waals surface area (Å²) in [5.41, 5.74) is 4.63. The van der Waals surface area contributed by atoms with Crippen molar-refractivity contribution in [2.75, 3.05) is 26.2 Å². The maximum atomic E-state index is 12.3. The van der Waals surface area contributed by atoms with Crippen LogP contribution in [0.1, 0.15) is 27.7 Å². The van der Waals surface area contributed by atoms with Gasteiger partial charge in [-0.25, -0.2) is 0 Å². The van der Waals surface area contributed by atoms with Crippen molar-refractivity contribution >= 4 is 5.91 Å². The van der Waals surface area contributed by atoms with Gasteiger partial charge in [0, 0.05) is 19.6 Å². The average Bonchev–Trinajstić information content (AvgIpc) is 2.25. The van der Waals surface area contributed by atoms with Crippen LogP contribution in [0, 0.1) is 5.41 Å². The van der Waals surface area contributed by atoms with Gasteiger partial charge in [-0.1, -0.05) is 0 Å². The molecule has 0 aromatic rings. The first-order chi connectivity index (χ1) is 7.72. The number of hydrogen-bond acceptors (Lipinski definition) is 4. The van der Waals surface area contributed by atoms with Crippen LogP contribution in [0.4, 0.5) is 0 Å². The highest BCUT2D eigenvalue weighted by molar-refractivity contribution is 5.82. The lowest BCUT2D eigenvalue weighted by Crippen LogP contribution is -2.58. The Morgan fingerprint density at radius 3 is 2.65 bits per heavy atom. The normalized spacial score (nSPS) is 24.8. The van der Waals surface area contributed by atoms with Crippen molar-refractivity contribution in [3.63, 3.8) is 0 Å². The fourth-order valence-corrected chi connectivity index (χ4v) is 2.06. The highest BCUT2D eigenvalue weighted by Gasteiger charge is 2.39. The fourth-order valence-electron chi connectivity index (χ4n) is 2.06. The summed E-state index contributed by atoms with van der Waals surface area (Å²) in [5, 5.41) is 9.20. The van der Waals surface area contributed by atoms with Crippen LogP contribution >= 0.6 is 0 Å². The van der Waals surface area contributed by atoms with Gasteiger partial charge in [-0.05, 0) is 27.7 Å². The minimum absolute atomic E-state index is 0.0230. The number of amides is 1. The summed E-state index contributed by atoms with van der Waals surface area (Å²) in [5.74, 6) is 0.0230. The summed E-state index contributed by atoms with van der Waals surface area (Å²) in [6.07, 6.45) is -0.309. The number of carbonyl (C=O) groups excluding carboxylic acids is 1. The molecule has 0 spiro atoms. The van der Waals surface area contributed by atoms with Crippen molar-refractivity contribution in [1.29, 1.82) is 0 Å². The average molecular weight is 244 g/mol. The van der Waals surface area contributed by atoms with E-state index in [1.54, 1.807) is 4.90 Å². The molecule has 17 heavy (non-hydrogen) atoms. The molecule has 5 nitrogen and oxygen atoms in total. The van der Waals surface area contributed by atoms with E-state index in [2.05, 4.69) is 0 Å². The minimum Gasteiger partial charge on any atom is -0.394 e. The monoisotopic (exact) mass is 244 g/mol. The van der Waals surface area contributed by atoms with Gasteiger partial charge in [0.1, 0.15) is 0 Å². The second kappa shape index (κ2) is 4.92. The number of carbonyl (C=O) groups is 1. The van der Waals surface area contributed by atoms with E-state index in [0.29, 0.717) is 19.6 Å². The smallest absolute Gasteiger partial charge is 0.229 e. The summed E-state index contributed by atoms with van der Waals surface area (Å²) in [6.45, 7) is 8.73. The Morgan fingerprint density at radius 2 is 2.18 bits per heavy atom. The zero-order valence-corrected chi connectivity index (χ0v) is 11.2. The number of rotatable bonds is 3. The Hall–Kier alpha value is -0.650. The van der Waals surface area contributed by atoms with E-state index in [4.69, 9.17) is 10.5 Å². The number of nitrogens with zero attached hydrogens (tertiary/aromatic N) is 1. The molecule has 1 rings (SSSR count). The lowest BCUT2D eigenvalue weighted by molar-refractivity contribution is -0.172. The van der Waals surface area contributed by atoms with Crippen LogP contribution in [0.15, 0.2) is 0 Å². The predicted molar refractivity (Wildman–Crippen MR) is 65.5 cm³/mol. The second-order valence-electron chi connectivity index (χ2n) is 5.96. The molecular formula is C12H24N2O3. The van der Waals surface area contributed by atoms with Gasteiger partial charge in [-0.15, -0.1) is 0 Å². The number of nitrogens with two attached hydrogens (primary N) is 1. The molecule has 0 aromatic carbocycles. The van der Waals surface area contributed by atoms with Gasteiger partial charge in [0.2, 0.25) is 5.91 Å². The van der Waals surface area contributed by atoms with Crippen molar-refractivity contribution in [3.05, 3.63) is 0 Å². The lowest BCUT2D eigenvalue weighted by atomic mass is 9.90. The van der Waals surface area contributed by atoms with Crippen LogP contribution in [-0.4, -0.2) is 53.9 Å². The molecule has 1 heterocycles. The lowest BCUT2D eigenvalue weighted by Gasteiger charge is -2.44. The Bertz CT molecular complexity index is 289. The van der Waals surface area contributed by atoms with Crippen molar-refractivity contribution in [2.45, 2.75) is 39.4 Å². The largest absolute Gasteiger partial charge is 0.394 e. The van der Waals surface area contributed by atoms with E-state index >= 15 is 0 Å². The van der Waals surface area contributed by atoms with Gasteiger partial charge in [0.25, 0.3) is 0 Å². The molecule has 0 aliphatic carbocycles. The Labute approximate surface area is 103 Å². The van der Waals surface area contributed by atoms with E-state index < -0.39 is 11.0 Å². The molecule has 0 bridgehead atoms. The second-order valence-corrected chi connectivity index (χ2v) is 5.96. The van der Waals surface area contributed by atoms with Gasteiger partial charge in [-0.2, -0.15) is 0 Å². The standard InChI is InChI=1S/C12H24N2O3/c1-11(2,7-13)10(16)14-5-9(6-15)17-12(3,4)8-14/h9,15H,5-8,13H2,1-4H3. The van der Waals surface area contributed by atoms with Gasteiger partial charge >= 0.3 is 0 Å². The van der Waals surface area contributed by atoms with Crippen LogP contribution in [0.25, 0.3) is 0 Å². The molecule has 1 saturated heterocycles. The summed E-state index contributed by atoms with van der Waals surface area (Å²) in [4.78, 5) is 14.1. The number of aliphatic hydroxyl groups excluding tert-OH is 1. The Balaban J connectivity index is 2.80. The number of morpholine rings is 1. The van der Waals surface area contributed by atoms with Crippen LogP contribution in [-0.2, 0) is 9.53 Å². The summed E-state index contributed by atoms with van der Waals surface area (Å²) in [7, 11) is 0. The summed E-state index contributed by atoms with van der Waals surface area (Å²) in [6, 6.07) is 0. The van der Waals surface area contributed by atoms with Crippen molar-refractivity contribution < 1.29 is 14.6 Å². The first-order valence-corrected chi connectivity index (χ1v) is 6.00. The molecule has 0 radical (unpaired) electrons. The third-order valence-corrected chi connectivity index (χ3v) is 3.06. The third-order valence-electron chi connectivity index (χ3n) is 3.06. The molecule has 1 aliphatic rings. The highest BCUT2D eigenvalue weighted by atomic mass is 16.5. The molecule has 1 fully saturated rings. The maximum absolute atomic E-state index is 12.3. The molecule has 1 atom stereocenters. The Kier molecular flexibility index (Phi) is 4.17. The molecule has 1 unspecified atom stereocenters. The predicted octanol–water partition coefficient (Wildman–Crippen LogP) is -0.0304. The summed E-state index contributed by atoms with van der Waals surface area (Å²) >= 11 is 0. The van der Waals surface area contributed by atoms with Gasteiger partial charge in [0.15, 0.2) is 0 Å². The SMILES string of the molecule is CC1(C)CN(C(=O)C(C)(C)CN)CC(CO)O1. The van der Waals surface area contributed by atoms with E-state index in [1.807, 2.05) is 27.7 Å². The van der Waals surface area contributed by atoms with Gasteiger partial charge in [-0.3, -0.25) is 4.79 Å². The minimum atomic E-state index is -0.562. The summed E-state index contributed by atoms with van der Waals surface area (Å²) < 4.78 is 5.67. The van der Waals surface area contributed by atoms with Crippen LogP contribution in [0.5, 0.6) is 0 Å². The van der Waals surface area contributed by atoms with E-state index in [-0.39, 0.29) is 18.6 Å². The first kappa shape index (κ1) is 14.4. The van der Waals surface area contributed by atoms with Crippen molar-refractivity contribution in [1.82, 2.24) is 4.90 Å². The van der Waals surface area contributed by atoms with E-state index in [1.165, 1.54) is 0 Å². The van der Waals surface area contributed by atoms with Crippen LogP contribution < -0.4 is 5.73 Å². The molecule has 1 aliphatic heterocycles. The van der Waals surface area contributed by atoms with Crippen molar-refractivity contribution in [3.8, 4) is 0 Å². The maximum Gasteiger partial charge on any atom is 0.229 e. The third kappa shape index (κ3) is 3.40. The number of ether oxygens (including phenoxy) is 1. The zero-order valence-electron chi connectivity index (χ0n) is 11.2. The molecule has 3 N–H and O–H groups in total. The van der Waals surface area contributed by atoms with Crippen LogP contribution in [0.3, 0.4) is 0 Å². The zero-order chi connectivity index (χ0) is 13.3. The first-order valence-electron chi connectivity index (χ1n) is 6.00. The number of aliphatic hydroxyl groups is 1. The van der Waals surface area contributed by atoms with E-state index in [9.17, 15) is 9.90 Å². The quantitative estimate of drug-likeness (QED) is 0.731. The molecule has 5 heteroatoms. The molecule has 0 saturated carbocycles. The molecular weight excluding hydrogens is 220 g/mol. The van der Waals surface area contributed by atoms with E-state index in [0.717, 1.165) is 0 Å². The molecule has 0 aromatic heterocycles. The Morgan fingerprint density at radius 1 is 1.59 bits per heavy atom. The van der Waals surface area contributed by atoms with Gasteiger partial charge in [0.05, 0.1) is 23.7 Å². The molecule has 1 amide bonds. The fraction of sp³-hybridized carbons (Fsp3) is 0.917. The number of hydrogen-bond donors (Lipinski definition) is 2. The molecule has 100 valence electrons. The van der Waals surface area contributed by atoms with Gasteiger partial charge < -0.3 is 20.5 Å². The highest BCUT2D eigenvalue weighted by Crippen LogP contribution is 2.25.